The van der Waals surface area contributed by atoms with Gasteiger partial charge >= 0.3 is 0 Å². The summed E-state index contributed by atoms with van der Waals surface area (Å²) in [4.78, 5) is 13.9. The number of hydrogen-bond acceptors (Lipinski definition) is 3. The van der Waals surface area contributed by atoms with Crippen molar-refractivity contribution in [2.45, 2.75) is 26.3 Å². The summed E-state index contributed by atoms with van der Waals surface area (Å²) < 4.78 is 13.4. The van der Waals surface area contributed by atoms with E-state index in [9.17, 15) is 9.18 Å². The number of amides is 1. The van der Waals surface area contributed by atoms with E-state index in [0.29, 0.717) is 12.1 Å². The number of carbonyl (C=O) groups is 1. The highest BCUT2D eigenvalue weighted by atomic mass is 19.1. The first-order valence-corrected chi connectivity index (χ1v) is 7.16. The molecule has 0 bridgehead atoms. The molecular formula is C16H20FN3O. The van der Waals surface area contributed by atoms with E-state index in [2.05, 4.69) is 11.4 Å². The molecular weight excluding hydrogens is 269 g/mol. The van der Waals surface area contributed by atoms with Gasteiger partial charge in [0.05, 0.1) is 18.0 Å². The zero-order chi connectivity index (χ0) is 15.3. The second-order valence-electron chi connectivity index (χ2n) is 5.85. The monoisotopic (exact) mass is 289 g/mol. The minimum atomic E-state index is -0.371. The Morgan fingerprint density at radius 1 is 1.52 bits per heavy atom. The average Bonchev–Trinajstić information content (AvgIpc) is 2.46. The molecule has 1 fully saturated rings. The number of piperidine rings is 1. The van der Waals surface area contributed by atoms with E-state index in [-0.39, 0.29) is 30.2 Å². The minimum absolute atomic E-state index is 0.138. The van der Waals surface area contributed by atoms with E-state index >= 15 is 0 Å². The predicted molar refractivity (Wildman–Crippen MR) is 77.6 cm³/mol. The van der Waals surface area contributed by atoms with Gasteiger partial charge in [-0.25, -0.2) is 4.39 Å². The van der Waals surface area contributed by atoms with Crippen LogP contribution in [-0.4, -0.2) is 30.4 Å². The highest BCUT2D eigenvalue weighted by molar-refractivity contribution is 5.78. The Bertz CT molecular complexity index is 555. The Balaban J connectivity index is 1.82. The van der Waals surface area contributed by atoms with E-state index in [1.54, 1.807) is 18.2 Å². The van der Waals surface area contributed by atoms with E-state index in [1.165, 1.54) is 6.07 Å². The van der Waals surface area contributed by atoms with Crippen LogP contribution < -0.4 is 5.32 Å². The third-order valence-corrected chi connectivity index (χ3v) is 3.85. The number of halogens is 1. The zero-order valence-electron chi connectivity index (χ0n) is 12.2. The SMILES string of the molecule is CC1(C#N)CCCN(CC(=O)NCc2ccccc2F)C1. The molecule has 1 unspecified atom stereocenters. The summed E-state index contributed by atoms with van der Waals surface area (Å²) >= 11 is 0. The van der Waals surface area contributed by atoms with Gasteiger partial charge in [-0.05, 0) is 32.4 Å². The molecule has 21 heavy (non-hydrogen) atoms. The molecule has 1 aliphatic rings. The lowest BCUT2D eigenvalue weighted by Crippen LogP contribution is -2.45. The molecule has 1 amide bonds. The minimum Gasteiger partial charge on any atom is -0.351 e. The molecule has 4 nitrogen and oxygen atoms in total. The molecule has 1 aliphatic heterocycles. The fourth-order valence-corrected chi connectivity index (χ4v) is 2.67. The molecule has 1 atom stereocenters. The smallest absolute Gasteiger partial charge is 0.234 e. The average molecular weight is 289 g/mol. The Hall–Kier alpha value is -1.93. The van der Waals surface area contributed by atoms with Crippen LogP contribution >= 0.6 is 0 Å². The van der Waals surface area contributed by atoms with Crippen molar-refractivity contribution in [3.05, 3.63) is 35.6 Å². The standard InChI is InChI=1S/C16H20FN3O/c1-16(11-18)7-4-8-20(12-16)10-15(21)19-9-13-5-2-3-6-14(13)17/h2-3,5-6H,4,7-10,12H2,1H3,(H,19,21). The number of nitrogens with one attached hydrogen (secondary N) is 1. The molecule has 0 saturated carbocycles. The van der Waals surface area contributed by atoms with Crippen LogP contribution in [0, 0.1) is 22.6 Å². The zero-order valence-corrected chi connectivity index (χ0v) is 12.2. The molecule has 1 aromatic carbocycles. The van der Waals surface area contributed by atoms with Crippen molar-refractivity contribution < 1.29 is 9.18 Å². The molecule has 2 rings (SSSR count). The van der Waals surface area contributed by atoms with Crippen molar-refractivity contribution in [1.82, 2.24) is 10.2 Å². The third-order valence-electron chi connectivity index (χ3n) is 3.85. The molecule has 0 aromatic heterocycles. The summed E-state index contributed by atoms with van der Waals surface area (Å²) in [5.41, 5.74) is 0.107. The first-order valence-electron chi connectivity index (χ1n) is 7.16. The van der Waals surface area contributed by atoms with Crippen LogP contribution in [0.5, 0.6) is 0 Å². The summed E-state index contributed by atoms with van der Waals surface area (Å²) in [5, 5.41) is 11.9. The molecule has 1 aromatic rings. The third kappa shape index (κ3) is 4.27. The summed E-state index contributed by atoms with van der Waals surface area (Å²) in [6, 6.07) is 8.73. The van der Waals surface area contributed by atoms with Crippen LogP contribution in [0.2, 0.25) is 0 Å². The lowest BCUT2D eigenvalue weighted by atomic mass is 9.83. The van der Waals surface area contributed by atoms with E-state index in [4.69, 9.17) is 5.26 Å². The lowest BCUT2D eigenvalue weighted by Gasteiger charge is -2.35. The number of hydrogen-bond donors (Lipinski definition) is 1. The maximum absolute atomic E-state index is 13.4. The molecule has 112 valence electrons. The van der Waals surface area contributed by atoms with Crippen molar-refractivity contribution in [1.29, 1.82) is 5.26 Å². The predicted octanol–water partition coefficient (Wildman–Crippen LogP) is 2.07. The van der Waals surface area contributed by atoms with Crippen LogP contribution in [0.4, 0.5) is 4.39 Å². The highest BCUT2D eigenvalue weighted by Gasteiger charge is 2.31. The van der Waals surface area contributed by atoms with Crippen LogP contribution in [-0.2, 0) is 11.3 Å². The van der Waals surface area contributed by atoms with Crippen molar-refractivity contribution in [3.8, 4) is 6.07 Å². The summed E-state index contributed by atoms with van der Waals surface area (Å²) in [6.45, 7) is 3.80. The van der Waals surface area contributed by atoms with E-state index in [0.717, 1.165) is 19.4 Å². The van der Waals surface area contributed by atoms with Crippen LogP contribution in [0.1, 0.15) is 25.3 Å². The Labute approximate surface area is 124 Å². The van der Waals surface area contributed by atoms with Crippen molar-refractivity contribution in [2.24, 2.45) is 5.41 Å². The molecule has 1 heterocycles. The Kier molecular flexibility index (Phi) is 4.92. The maximum Gasteiger partial charge on any atom is 0.234 e. The van der Waals surface area contributed by atoms with Crippen molar-refractivity contribution >= 4 is 5.91 Å². The van der Waals surface area contributed by atoms with Gasteiger partial charge in [0.1, 0.15) is 5.82 Å². The first kappa shape index (κ1) is 15.5. The topological polar surface area (TPSA) is 56.1 Å². The van der Waals surface area contributed by atoms with Crippen LogP contribution in [0.3, 0.4) is 0 Å². The molecule has 0 spiro atoms. The number of likely N-dealkylation sites (tertiary alicyclic amines) is 1. The fourth-order valence-electron chi connectivity index (χ4n) is 2.67. The van der Waals surface area contributed by atoms with Crippen molar-refractivity contribution in [2.75, 3.05) is 19.6 Å². The van der Waals surface area contributed by atoms with Gasteiger partial charge in [0, 0.05) is 18.7 Å². The summed E-state index contributed by atoms with van der Waals surface area (Å²) in [5.74, 6) is -0.451. The number of rotatable bonds is 4. The van der Waals surface area contributed by atoms with Gasteiger partial charge in [-0.15, -0.1) is 0 Å². The number of benzene rings is 1. The first-order chi connectivity index (χ1) is 10.0. The molecule has 1 N–H and O–H groups in total. The fraction of sp³-hybridized carbons (Fsp3) is 0.500. The largest absolute Gasteiger partial charge is 0.351 e. The van der Waals surface area contributed by atoms with Gasteiger partial charge in [-0.2, -0.15) is 5.26 Å². The van der Waals surface area contributed by atoms with Gasteiger partial charge < -0.3 is 5.32 Å². The highest BCUT2D eigenvalue weighted by Crippen LogP contribution is 2.28. The number of nitriles is 1. The maximum atomic E-state index is 13.4. The van der Waals surface area contributed by atoms with E-state index < -0.39 is 0 Å². The van der Waals surface area contributed by atoms with Crippen LogP contribution in [0.15, 0.2) is 24.3 Å². The van der Waals surface area contributed by atoms with E-state index in [1.807, 2.05) is 11.8 Å². The van der Waals surface area contributed by atoms with Gasteiger partial charge in [0.25, 0.3) is 0 Å². The summed E-state index contributed by atoms with van der Waals surface area (Å²) in [7, 11) is 0. The molecule has 0 aliphatic carbocycles. The number of carbonyl (C=O) groups excluding carboxylic acids is 1. The van der Waals surface area contributed by atoms with Crippen molar-refractivity contribution in [3.63, 3.8) is 0 Å². The van der Waals surface area contributed by atoms with Gasteiger partial charge in [-0.3, -0.25) is 9.69 Å². The molecule has 0 radical (unpaired) electrons. The Morgan fingerprint density at radius 3 is 3.00 bits per heavy atom. The second-order valence-corrected chi connectivity index (χ2v) is 5.85. The normalized spacial score (nSPS) is 22.5. The second kappa shape index (κ2) is 6.68. The van der Waals surface area contributed by atoms with Gasteiger partial charge in [-0.1, -0.05) is 18.2 Å². The molecule has 1 saturated heterocycles. The van der Waals surface area contributed by atoms with Crippen LogP contribution in [0.25, 0.3) is 0 Å². The van der Waals surface area contributed by atoms with Gasteiger partial charge in [0.15, 0.2) is 0 Å². The quantitative estimate of drug-likeness (QED) is 0.923. The van der Waals surface area contributed by atoms with Gasteiger partial charge in [0.2, 0.25) is 5.91 Å². The molecule has 5 heteroatoms. The number of nitrogens with zero attached hydrogens (tertiary/aromatic N) is 2. The Morgan fingerprint density at radius 2 is 2.29 bits per heavy atom. The lowest BCUT2D eigenvalue weighted by molar-refractivity contribution is -0.123. The summed E-state index contributed by atoms with van der Waals surface area (Å²) in [6.07, 6.45) is 1.79.